The molecule has 196 valence electrons. The topological polar surface area (TPSA) is 133 Å². The van der Waals surface area contributed by atoms with E-state index >= 15 is 0 Å². The number of para-hydroxylation sites is 4. The molecule has 6 aromatic rings. The lowest BCUT2D eigenvalue weighted by Gasteiger charge is -2.04. The number of non-ortho nitro benzene ring substituents is 2. The minimum atomic E-state index is -0.434. The molecule has 2 heterocycles. The van der Waals surface area contributed by atoms with Crippen LogP contribution in [-0.2, 0) is 12.4 Å². The van der Waals surface area contributed by atoms with E-state index in [0.29, 0.717) is 12.4 Å². The van der Waals surface area contributed by atoms with E-state index in [-0.39, 0.29) is 16.3 Å². The van der Waals surface area contributed by atoms with Crippen LogP contribution in [0.5, 0.6) is 0 Å². The SMILES string of the molecule is O=[N+]([O-])c1cccc(CCl)c1.O=[N+]([O-])c1cccc(Cn2cnc3ccccc32)c1.c1ccc2[nH]cnc2c1. The number of aromatic nitrogens is 4. The van der Waals surface area contributed by atoms with E-state index in [1.807, 2.05) is 59.2 Å². The summed E-state index contributed by atoms with van der Waals surface area (Å²) in [6.45, 7) is 0.572. The van der Waals surface area contributed by atoms with Crippen molar-refractivity contribution in [3.8, 4) is 0 Å². The van der Waals surface area contributed by atoms with Gasteiger partial charge < -0.3 is 9.55 Å². The molecule has 0 saturated carbocycles. The van der Waals surface area contributed by atoms with Gasteiger partial charge in [0.05, 0.1) is 44.6 Å². The number of benzene rings is 4. The van der Waals surface area contributed by atoms with Crippen molar-refractivity contribution in [1.82, 2.24) is 19.5 Å². The molecule has 0 saturated heterocycles. The Labute approximate surface area is 227 Å². The number of nitrogens with zero attached hydrogens (tertiary/aromatic N) is 5. The van der Waals surface area contributed by atoms with Crippen LogP contribution < -0.4 is 0 Å². The van der Waals surface area contributed by atoms with E-state index in [4.69, 9.17) is 11.6 Å². The van der Waals surface area contributed by atoms with Crippen LogP contribution >= 0.6 is 11.6 Å². The van der Waals surface area contributed by atoms with Crippen LogP contribution in [0.4, 0.5) is 11.4 Å². The van der Waals surface area contributed by atoms with Crippen molar-refractivity contribution >= 4 is 45.0 Å². The molecule has 0 aliphatic carbocycles. The van der Waals surface area contributed by atoms with Crippen LogP contribution in [0, 0.1) is 20.2 Å². The standard InChI is InChI=1S/C14H11N3O2.C7H6ClNO2.C7H6N2/c18-17(19)12-5-3-4-11(8-12)9-16-10-15-13-6-1-2-7-14(13)16;8-5-6-2-1-3-7(4-6)9(10)11;1-2-4-7-6(3-1)8-5-9-7/h1-8,10H,9H2;1-4H,5H2;1-5H,(H,8,9). The molecule has 1 N–H and O–H groups in total. The van der Waals surface area contributed by atoms with Crippen molar-refractivity contribution in [3.05, 3.63) is 141 Å². The summed E-state index contributed by atoms with van der Waals surface area (Å²) in [5.41, 5.74) is 5.92. The second-order valence-corrected chi connectivity index (χ2v) is 8.54. The van der Waals surface area contributed by atoms with Crippen molar-refractivity contribution in [1.29, 1.82) is 0 Å². The predicted molar refractivity (Wildman–Crippen MR) is 151 cm³/mol. The zero-order chi connectivity index (χ0) is 27.6. The largest absolute Gasteiger partial charge is 0.345 e. The molecule has 2 aromatic heterocycles. The average Bonchev–Trinajstić information content (AvgIpc) is 3.61. The van der Waals surface area contributed by atoms with Gasteiger partial charge in [0.15, 0.2) is 0 Å². The third kappa shape index (κ3) is 7.24. The van der Waals surface area contributed by atoms with E-state index in [2.05, 4.69) is 15.0 Å². The lowest BCUT2D eigenvalue weighted by molar-refractivity contribution is -0.385. The average molecular weight is 543 g/mol. The van der Waals surface area contributed by atoms with Gasteiger partial charge in [-0.3, -0.25) is 20.2 Å². The van der Waals surface area contributed by atoms with Crippen molar-refractivity contribution in [2.24, 2.45) is 0 Å². The van der Waals surface area contributed by atoms with Crippen molar-refractivity contribution in [2.45, 2.75) is 12.4 Å². The van der Waals surface area contributed by atoms with Crippen LogP contribution in [0.25, 0.3) is 22.1 Å². The van der Waals surface area contributed by atoms with Gasteiger partial charge in [0.2, 0.25) is 0 Å². The highest BCUT2D eigenvalue weighted by Crippen LogP contribution is 2.17. The number of halogens is 1. The Kier molecular flexibility index (Phi) is 8.94. The van der Waals surface area contributed by atoms with Crippen molar-refractivity contribution in [2.75, 3.05) is 0 Å². The molecule has 0 bridgehead atoms. The summed E-state index contributed by atoms with van der Waals surface area (Å²) in [5, 5.41) is 21.0. The summed E-state index contributed by atoms with van der Waals surface area (Å²) < 4.78 is 1.98. The number of nitro groups is 2. The smallest absolute Gasteiger partial charge is 0.269 e. The Bertz CT molecular complexity index is 1680. The molecule has 11 heteroatoms. The Morgan fingerprint density at radius 2 is 1.36 bits per heavy atom. The molecule has 0 fully saturated rings. The first-order valence-electron chi connectivity index (χ1n) is 11.7. The predicted octanol–water partition coefficient (Wildman–Crippen LogP) is 6.89. The molecule has 4 aromatic carbocycles. The number of nitrogens with one attached hydrogen (secondary N) is 1. The first kappa shape index (κ1) is 27.0. The number of alkyl halides is 1. The third-order valence-electron chi connectivity index (χ3n) is 5.61. The molecule has 0 unspecified atom stereocenters. The Morgan fingerprint density at radius 3 is 2.03 bits per heavy atom. The number of aromatic amines is 1. The number of hydrogen-bond acceptors (Lipinski definition) is 6. The second kappa shape index (κ2) is 12.9. The molecular weight excluding hydrogens is 520 g/mol. The van der Waals surface area contributed by atoms with Crippen LogP contribution in [0.3, 0.4) is 0 Å². The fraction of sp³-hybridized carbons (Fsp3) is 0.0714. The third-order valence-corrected chi connectivity index (χ3v) is 5.91. The second-order valence-electron chi connectivity index (χ2n) is 8.27. The molecule has 0 amide bonds. The number of H-pyrrole nitrogens is 1. The molecule has 0 atom stereocenters. The van der Waals surface area contributed by atoms with Crippen LogP contribution in [0.1, 0.15) is 11.1 Å². The minimum Gasteiger partial charge on any atom is -0.345 e. The van der Waals surface area contributed by atoms with Crippen LogP contribution in [0.2, 0.25) is 0 Å². The van der Waals surface area contributed by atoms with E-state index < -0.39 is 4.92 Å². The maximum atomic E-state index is 10.8. The van der Waals surface area contributed by atoms with Gasteiger partial charge in [-0.15, -0.1) is 11.6 Å². The molecule has 39 heavy (non-hydrogen) atoms. The van der Waals surface area contributed by atoms with Crippen molar-refractivity contribution in [3.63, 3.8) is 0 Å². The maximum absolute atomic E-state index is 10.8. The van der Waals surface area contributed by atoms with Gasteiger partial charge in [-0.25, -0.2) is 9.97 Å². The van der Waals surface area contributed by atoms with E-state index in [1.54, 1.807) is 36.9 Å². The van der Waals surface area contributed by atoms with Crippen molar-refractivity contribution < 1.29 is 9.85 Å². The summed E-state index contributed by atoms with van der Waals surface area (Å²) in [6, 6.07) is 28.7. The number of rotatable bonds is 5. The normalized spacial score (nSPS) is 10.3. The highest BCUT2D eigenvalue weighted by molar-refractivity contribution is 6.17. The summed E-state index contributed by atoms with van der Waals surface area (Å²) >= 11 is 5.48. The highest BCUT2D eigenvalue weighted by Gasteiger charge is 2.07. The monoisotopic (exact) mass is 542 g/mol. The Balaban J connectivity index is 0.000000149. The maximum Gasteiger partial charge on any atom is 0.269 e. The Hall–Kier alpha value is -5.09. The quantitative estimate of drug-likeness (QED) is 0.143. The lowest BCUT2D eigenvalue weighted by Crippen LogP contribution is -1.98. The Morgan fingerprint density at radius 1 is 0.744 bits per heavy atom. The highest BCUT2D eigenvalue weighted by atomic mass is 35.5. The number of nitro benzene ring substituents is 2. The summed E-state index contributed by atoms with van der Waals surface area (Å²) in [5.74, 6) is 0.307. The molecule has 0 aliphatic heterocycles. The number of fused-ring (bicyclic) bond motifs is 2. The fourth-order valence-corrected chi connectivity index (χ4v) is 3.90. The van der Waals surface area contributed by atoms with Gasteiger partial charge in [-0.1, -0.05) is 48.5 Å². The van der Waals surface area contributed by atoms with E-state index in [0.717, 1.165) is 33.2 Å². The first-order valence-corrected chi connectivity index (χ1v) is 12.3. The summed E-state index contributed by atoms with van der Waals surface area (Å²) in [6.07, 6.45) is 3.45. The zero-order valence-electron chi connectivity index (χ0n) is 20.6. The first-order chi connectivity index (χ1) is 18.9. The fourth-order valence-electron chi connectivity index (χ4n) is 3.73. The van der Waals surface area contributed by atoms with E-state index in [1.165, 1.54) is 18.2 Å². The van der Waals surface area contributed by atoms with Gasteiger partial charge in [0, 0.05) is 36.7 Å². The molecule has 0 aliphatic rings. The molecule has 6 rings (SSSR count). The summed E-state index contributed by atoms with van der Waals surface area (Å²) in [4.78, 5) is 31.5. The van der Waals surface area contributed by atoms with Gasteiger partial charge >= 0.3 is 0 Å². The van der Waals surface area contributed by atoms with Gasteiger partial charge in [-0.2, -0.15) is 0 Å². The van der Waals surface area contributed by atoms with E-state index in [9.17, 15) is 20.2 Å². The van der Waals surface area contributed by atoms with Crippen LogP contribution in [-0.4, -0.2) is 29.4 Å². The lowest BCUT2D eigenvalue weighted by atomic mass is 10.2. The van der Waals surface area contributed by atoms with Gasteiger partial charge in [-0.05, 0) is 35.4 Å². The zero-order valence-corrected chi connectivity index (χ0v) is 21.3. The summed E-state index contributed by atoms with van der Waals surface area (Å²) in [7, 11) is 0. The molecular formula is C28H23ClN6O4. The van der Waals surface area contributed by atoms with Crippen LogP contribution in [0.15, 0.2) is 110 Å². The number of imidazole rings is 2. The minimum absolute atomic E-state index is 0.0863. The van der Waals surface area contributed by atoms with Gasteiger partial charge in [0.25, 0.3) is 11.4 Å². The molecule has 0 radical (unpaired) electrons. The molecule has 0 spiro atoms. The number of hydrogen-bond donors (Lipinski definition) is 1. The molecule has 10 nitrogen and oxygen atoms in total. The van der Waals surface area contributed by atoms with Gasteiger partial charge in [0.1, 0.15) is 0 Å².